The lowest BCUT2D eigenvalue weighted by Crippen LogP contribution is -2.35. The normalized spacial score (nSPS) is 14.4. The zero-order valence-corrected chi connectivity index (χ0v) is 11.2. The summed E-state index contributed by atoms with van der Waals surface area (Å²) in [4.78, 5) is 15.2. The van der Waals surface area contributed by atoms with Crippen LogP contribution in [0, 0.1) is 6.92 Å². The third-order valence-corrected chi connectivity index (χ3v) is 4.40. The van der Waals surface area contributed by atoms with Crippen LogP contribution in [0.2, 0.25) is 0 Å². The fourth-order valence-electron chi connectivity index (χ4n) is 2.37. The predicted molar refractivity (Wildman–Crippen MR) is 73.9 cm³/mol. The van der Waals surface area contributed by atoms with Crippen LogP contribution in [0.1, 0.15) is 26.4 Å². The van der Waals surface area contributed by atoms with E-state index in [1.54, 1.807) is 11.3 Å². The summed E-state index contributed by atoms with van der Waals surface area (Å²) in [5.74, 6) is 0.169. The number of benzene rings is 1. The van der Waals surface area contributed by atoms with Crippen molar-refractivity contribution in [2.24, 2.45) is 0 Å². The van der Waals surface area contributed by atoms with E-state index in [4.69, 9.17) is 0 Å². The molecule has 18 heavy (non-hydrogen) atoms. The van der Waals surface area contributed by atoms with Crippen LogP contribution in [0.3, 0.4) is 0 Å². The highest BCUT2D eigenvalue weighted by Crippen LogP contribution is 2.22. The van der Waals surface area contributed by atoms with Crippen molar-refractivity contribution in [3.05, 3.63) is 57.3 Å². The number of thiophene rings is 1. The van der Waals surface area contributed by atoms with E-state index < -0.39 is 0 Å². The summed E-state index contributed by atoms with van der Waals surface area (Å²) in [5, 5.41) is 2.03. The molecule has 0 bridgehead atoms. The van der Waals surface area contributed by atoms with Gasteiger partial charge in [0, 0.05) is 13.1 Å². The van der Waals surface area contributed by atoms with E-state index in [9.17, 15) is 4.79 Å². The molecule has 0 saturated heterocycles. The lowest BCUT2D eigenvalue weighted by atomic mass is 10.00. The SMILES string of the molecule is Cc1csc(C(=O)N2CCc3ccccc3C2)c1. The van der Waals surface area contributed by atoms with Gasteiger partial charge in [-0.25, -0.2) is 0 Å². The number of rotatable bonds is 1. The van der Waals surface area contributed by atoms with Gasteiger partial charge < -0.3 is 4.90 Å². The Morgan fingerprint density at radius 2 is 2.06 bits per heavy atom. The van der Waals surface area contributed by atoms with Crippen molar-refractivity contribution in [1.82, 2.24) is 4.90 Å². The first-order chi connectivity index (χ1) is 8.74. The molecule has 1 aromatic heterocycles. The molecule has 0 atom stereocenters. The van der Waals surface area contributed by atoms with Gasteiger partial charge in [-0.05, 0) is 41.5 Å². The summed E-state index contributed by atoms with van der Waals surface area (Å²) >= 11 is 1.54. The second kappa shape index (κ2) is 4.58. The summed E-state index contributed by atoms with van der Waals surface area (Å²) in [5.41, 5.74) is 3.83. The smallest absolute Gasteiger partial charge is 0.264 e. The van der Waals surface area contributed by atoms with Crippen LogP contribution in [-0.4, -0.2) is 17.4 Å². The van der Waals surface area contributed by atoms with E-state index in [0.717, 1.165) is 24.4 Å². The molecule has 3 rings (SSSR count). The summed E-state index contributed by atoms with van der Waals surface area (Å²) in [6, 6.07) is 10.4. The molecule has 1 aliphatic heterocycles. The zero-order chi connectivity index (χ0) is 12.5. The van der Waals surface area contributed by atoms with E-state index in [1.807, 2.05) is 29.3 Å². The van der Waals surface area contributed by atoms with Crippen LogP contribution in [0.4, 0.5) is 0 Å². The van der Waals surface area contributed by atoms with Gasteiger partial charge in [0.25, 0.3) is 5.91 Å². The van der Waals surface area contributed by atoms with E-state index in [1.165, 1.54) is 16.7 Å². The molecule has 92 valence electrons. The molecule has 1 aliphatic rings. The maximum Gasteiger partial charge on any atom is 0.264 e. The zero-order valence-electron chi connectivity index (χ0n) is 10.3. The van der Waals surface area contributed by atoms with Gasteiger partial charge in [0.1, 0.15) is 0 Å². The topological polar surface area (TPSA) is 20.3 Å². The highest BCUT2D eigenvalue weighted by Gasteiger charge is 2.22. The molecule has 3 heteroatoms. The molecule has 0 saturated carbocycles. The van der Waals surface area contributed by atoms with Crippen LogP contribution < -0.4 is 0 Å². The molecule has 1 aromatic carbocycles. The van der Waals surface area contributed by atoms with Crippen molar-refractivity contribution < 1.29 is 4.79 Å². The van der Waals surface area contributed by atoms with Crippen LogP contribution in [-0.2, 0) is 13.0 Å². The number of aryl methyl sites for hydroxylation is 1. The molecule has 0 N–H and O–H groups in total. The van der Waals surface area contributed by atoms with E-state index in [-0.39, 0.29) is 5.91 Å². The van der Waals surface area contributed by atoms with Crippen molar-refractivity contribution in [1.29, 1.82) is 0 Å². The summed E-state index contributed by atoms with van der Waals surface area (Å²) < 4.78 is 0. The van der Waals surface area contributed by atoms with Crippen LogP contribution >= 0.6 is 11.3 Å². The second-order valence-corrected chi connectivity index (χ2v) is 5.64. The average Bonchev–Trinajstić information content (AvgIpc) is 2.84. The number of hydrogen-bond acceptors (Lipinski definition) is 2. The van der Waals surface area contributed by atoms with Gasteiger partial charge in [0.15, 0.2) is 0 Å². The Bertz CT molecular complexity index is 588. The third kappa shape index (κ3) is 2.06. The van der Waals surface area contributed by atoms with Crippen molar-refractivity contribution in [2.75, 3.05) is 6.54 Å². The lowest BCUT2D eigenvalue weighted by molar-refractivity contribution is 0.0739. The molecule has 1 amide bonds. The van der Waals surface area contributed by atoms with Gasteiger partial charge in [-0.15, -0.1) is 11.3 Å². The third-order valence-electron chi connectivity index (χ3n) is 3.36. The summed E-state index contributed by atoms with van der Waals surface area (Å²) in [6.07, 6.45) is 0.965. The number of carbonyl (C=O) groups is 1. The fraction of sp³-hybridized carbons (Fsp3) is 0.267. The second-order valence-electron chi connectivity index (χ2n) is 4.73. The first kappa shape index (κ1) is 11.5. The van der Waals surface area contributed by atoms with Crippen LogP contribution in [0.25, 0.3) is 0 Å². The van der Waals surface area contributed by atoms with Gasteiger partial charge in [0.05, 0.1) is 4.88 Å². The minimum Gasteiger partial charge on any atom is -0.333 e. The molecule has 0 radical (unpaired) electrons. The molecule has 2 aromatic rings. The van der Waals surface area contributed by atoms with Gasteiger partial charge >= 0.3 is 0 Å². The van der Waals surface area contributed by atoms with Crippen molar-refractivity contribution >= 4 is 17.2 Å². The van der Waals surface area contributed by atoms with Crippen molar-refractivity contribution in [3.63, 3.8) is 0 Å². The van der Waals surface area contributed by atoms with Crippen LogP contribution in [0.15, 0.2) is 35.7 Å². The molecule has 0 aliphatic carbocycles. The minimum atomic E-state index is 0.169. The summed E-state index contributed by atoms with van der Waals surface area (Å²) in [7, 11) is 0. The maximum atomic E-state index is 12.4. The largest absolute Gasteiger partial charge is 0.333 e. The van der Waals surface area contributed by atoms with Gasteiger partial charge in [-0.1, -0.05) is 24.3 Å². The Morgan fingerprint density at radius 1 is 1.28 bits per heavy atom. The molecular weight excluding hydrogens is 242 g/mol. The fourth-order valence-corrected chi connectivity index (χ4v) is 3.23. The quantitative estimate of drug-likeness (QED) is 0.768. The standard InChI is InChI=1S/C15H15NOS/c1-11-8-14(18-10-11)15(17)16-7-6-12-4-2-3-5-13(12)9-16/h2-5,8,10H,6-7,9H2,1H3. The number of amides is 1. The van der Waals surface area contributed by atoms with E-state index in [2.05, 4.69) is 18.2 Å². The molecule has 2 nitrogen and oxygen atoms in total. The van der Waals surface area contributed by atoms with Gasteiger partial charge in [-0.2, -0.15) is 0 Å². The predicted octanol–water partition coefficient (Wildman–Crippen LogP) is 3.26. The Morgan fingerprint density at radius 3 is 2.78 bits per heavy atom. The maximum absolute atomic E-state index is 12.4. The van der Waals surface area contributed by atoms with Crippen molar-refractivity contribution in [3.8, 4) is 0 Å². The van der Waals surface area contributed by atoms with Gasteiger partial charge in [-0.3, -0.25) is 4.79 Å². The number of hydrogen-bond donors (Lipinski definition) is 0. The first-order valence-corrected chi connectivity index (χ1v) is 7.03. The molecule has 2 heterocycles. The monoisotopic (exact) mass is 257 g/mol. The van der Waals surface area contributed by atoms with E-state index >= 15 is 0 Å². The number of fused-ring (bicyclic) bond motifs is 1. The highest BCUT2D eigenvalue weighted by atomic mass is 32.1. The van der Waals surface area contributed by atoms with E-state index in [0.29, 0.717) is 0 Å². The van der Waals surface area contributed by atoms with Crippen LogP contribution in [0.5, 0.6) is 0 Å². The Balaban J connectivity index is 1.82. The molecular formula is C15H15NOS. The Labute approximate surface area is 111 Å². The molecule has 0 spiro atoms. The average molecular weight is 257 g/mol. The lowest BCUT2D eigenvalue weighted by Gasteiger charge is -2.28. The Hall–Kier alpha value is -1.61. The van der Waals surface area contributed by atoms with Crippen molar-refractivity contribution in [2.45, 2.75) is 19.9 Å². The highest BCUT2D eigenvalue weighted by molar-refractivity contribution is 7.12. The van der Waals surface area contributed by atoms with Gasteiger partial charge in [0.2, 0.25) is 0 Å². The molecule has 0 fully saturated rings. The number of carbonyl (C=O) groups excluding carboxylic acids is 1. The minimum absolute atomic E-state index is 0.169. The summed E-state index contributed by atoms with van der Waals surface area (Å²) in [6.45, 7) is 3.59. The first-order valence-electron chi connectivity index (χ1n) is 6.15. The number of nitrogens with zero attached hydrogens (tertiary/aromatic N) is 1. The Kier molecular flexibility index (Phi) is 2.92. The molecule has 0 unspecified atom stereocenters.